The lowest BCUT2D eigenvalue weighted by atomic mass is 9.86. The number of rotatable bonds is 4. The van der Waals surface area contributed by atoms with E-state index in [4.69, 9.17) is 4.74 Å². The maximum atomic E-state index is 11.2. The minimum atomic E-state index is -0.771. The molecule has 1 aliphatic heterocycles. The molecule has 1 N–H and O–H groups in total. The Bertz CT molecular complexity index is 443. The number of nitrogens with zero attached hydrogens (tertiary/aromatic N) is 1. The summed E-state index contributed by atoms with van der Waals surface area (Å²) in [7, 11) is 0. The molecule has 104 valence electrons. The SMILES string of the molecule is CC(CC(=O)O)(c1ccc(I)cc1)N1CCOCC1. The Kier molecular flexibility index (Phi) is 4.81. The third-order valence-electron chi connectivity index (χ3n) is 3.67. The Morgan fingerprint density at radius 1 is 1.37 bits per heavy atom. The van der Waals surface area contributed by atoms with Crippen LogP contribution in [-0.4, -0.2) is 42.3 Å². The summed E-state index contributed by atoms with van der Waals surface area (Å²) in [5.41, 5.74) is 0.581. The van der Waals surface area contributed by atoms with Gasteiger partial charge in [-0.1, -0.05) is 12.1 Å². The molecule has 0 bridgehead atoms. The van der Waals surface area contributed by atoms with Crippen molar-refractivity contribution in [2.45, 2.75) is 18.9 Å². The zero-order valence-electron chi connectivity index (χ0n) is 10.9. The summed E-state index contributed by atoms with van der Waals surface area (Å²) in [5, 5.41) is 9.24. The minimum Gasteiger partial charge on any atom is -0.481 e. The van der Waals surface area contributed by atoms with Crippen molar-refractivity contribution in [2.75, 3.05) is 26.3 Å². The van der Waals surface area contributed by atoms with Crippen LogP contribution in [0.15, 0.2) is 24.3 Å². The second kappa shape index (κ2) is 6.19. The monoisotopic (exact) mass is 375 g/mol. The minimum absolute atomic E-state index is 0.105. The smallest absolute Gasteiger partial charge is 0.305 e. The Labute approximate surface area is 126 Å². The number of carboxylic acid groups (broad SMARTS) is 1. The van der Waals surface area contributed by atoms with Gasteiger partial charge in [0.15, 0.2) is 0 Å². The molecule has 1 atom stereocenters. The van der Waals surface area contributed by atoms with Crippen molar-refractivity contribution in [2.24, 2.45) is 0 Å². The normalized spacial score (nSPS) is 19.9. The lowest BCUT2D eigenvalue weighted by Crippen LogP contribution is -2.50. The molecule has 1 aromatic carbocycles. The predicted molar refractivity (Wildman–Crippen MR) is 81.2 cm³/mol. The van der Waals surface area contributed by atoms with Crippen molar-refractivity contribution in [3.8, 4) is 0 Å². The van der Waals surface area contributed by atoms with Gasteiger partial charge in [0, 0.05) is 16.7 Å². The van der Waals surface area contributed by atoms with E-state index in [2.05, 4.69) is 27.5 Å². The van der Waals surface area contributed by atoms with Crippen LogP contribution >= 0.6 is 22.6 Å². The number of carbonyl (C=O) groups is 1. The fraction of sp³-hybridized carbons (Fsp3) is 0.500. The molecule has 1 aliphatic rings. The number of benzene rings is 1. The lowest BCUT2D eigenvalue weighted by molar-refractivity contribution is -0.141. The fourth-order valence-electron chi connectivity index (χ4n) is 2.56. The number of aliphatic carboxylic acids is 1. The van der Waals surface area contributed by atoms with Crippen LogP contribution in [-0.2, 0) is 15.1 Å². The average Bonchev–Trinajstić information content (AvgIpc) is 2.39. The number of hydrogen-bond donors (Lipinski definition) is 1. The standard InChI is InChI=1S/C14H18INO3/c1-14(10-13(17)18,16-6-8-19-9-7-16)11-2-4-12(15)5-3-11/h2-5H,6-10H2,1H3,(H,17,18). The molecule has 0 spiro atoms. The number of halogens is 1. The molecular formula is C14H18INO3. The van der Waals surface area contributed by atoms with Gasteiger partial charge < -0.3 is 9.84 Å². The third-order valence-corrected chi connectivity index (χ3v) is 4.39. The van der Waals surface area contributed by atoms with E-state index in [1.807, 2.05) is 31.2 Å². The molecule has 0 radical (unpaired) electrons. The summed E-state index contributed by atoms with van der Waals surface area (Å²) in [6.07, 6.45) is 0.105. The molecule has 1 fully saturated rings. The van der Waals surface area contributed by atoms with Crippen LogP contribution in [0.2, 0.25) is 0 Å². The summed E-state index contributed by atoms with van der Waals surface area (Å²) in [6.45, 7) is 4.89. The summed E-state index contributed by atoms with van der Waals surface area (Å²) in [5.74, 6) is -0.771. The molecule has 5 heteroatoms. The fourth-order valence-corrected chi connectivity index (χ4v) is 2.92. The van der Waals surface area contributed by atoms with Crippen LogP contribution in [0.4, 0.5) is 0 Å². The Hall–Kier alpha value is -0.660. The molecule has 2 rings (SSSR count). The van der Waals surface area contributed by atoms with Gasteiger partial charge in [-0.15, -0.1) is 0 Å². The van der Waals surface area contributed by atoms with Gasteiger partial charge >= 0.3 is 5.97 Å². The van der Waals surface area contributed by atoms with E-state index in [1.165, 1.54) is 0 Å². The highest BCUT2D eigenvalue weighted by molar-refractivity contribution is 14.1. The molecule has 1 unspecified atom stereocenters. The number of hydrogen-bond acceptors (Lipinski definition) is 3. The van der Waals surface area contributed by atoms with E-state index in [1.54, 1.807) is 0 Å². The molecule has 0 aliphatic carbocycles. The third kappa shape index (κ3) is 3.46. The summed E-state index contributed by atoms with van der Waals surface area (Å²) >= 11 is 2.25. The highest BCUT2D eigenvalue weighted by Crippen LogP contribution is 2.33. The van der Waals surface area contributed by atoms with Crippen LogP contribution in [0.5, 0.6) is 0 Å². The number of ether oxygens (including phenoxy) is 1. The summed E-state index contributed by atoms with van der Waals surface area (Å²) in [4.78, 5) is 13.5. The molecule has 1 aromatic rings. The summed E-state index contributed by atoms with van der Waals surface area (Å²) in [6, 6.07) is 8.10. The van der Waals surface area contributed by atoms with E-state index in [0.717, 1.165) is 22.2 Å². The van der Waals surface area contributed by atoms with Gasteiger partial charge in [-0.2, -0.15) is 0 Å². The Morgan fingerprint density at radius 3 is 2.47 bits per heavy atom. The zero-order valence-corrected chi connectivity index (χ0v) is 13.1. The first-order valence-corrected chi connectivity index (χ1v) is 7.41. The van der Waals surface area contributed by atoms with Gasteiger partial charge in [0.1, 0.15) is 0 Å². The van der Waals surface area contributed by atoms with Crippen LogP contribution in [0.3, 0.4) is 0 Å². The maximum Gasteiger partial charge on any atom is 0.305 e. The average molecular weight is 375 g/mol. The lowest BCUT2D eigenvalue weighted by Gasteiger charge is -2.43. The van der Waals surface area contributed by atoms with Crippen molar-refractivity contribution in [1.82, 2.24) is 4.90 Å². The molecular weight excluding hydrogens is 357 g/mol. The molecule has 19 heavy (non-hydrogen) atoms. The van der Waals surface area contributed by atoms with Crippen molar-refractivity contribution in [3.63, 3.8) is 0 Å². The largest absolute Gasteiger partial charge is 0.481 e. The van der Waals surface area contributed by atoms with E-state index in [0.29, 0.717) is 13.2 Å². The topological polar surface area (TPSA) is 49.8 Å². The molecule has 4 nitrogen and oxygen atoms in total. The van der Waals surface area contributed by atoms with E-state index < -0.39 is 11.5 Å². The molecule has 1 saturated heterocycles. The second-order valence-electron chi connectivity index (χ2n) is 4.95. The maximum absolute atomic E-state index is 11.2. The number of morpholine rings is 1. The van der Waals surface area contributed by atoms with Crippen molar-refractivity contribution in [1.29, 1.82) is 0 Å². The highest BCUT2D eigenvalue weighted by atomic mass is 127. The first-order valence-electron chi connectivity index (χ1n) is 6.33. The molecule has 1 heterocycles. The van der Waals surface area contributed by atoms with Crippen molar-refractivity contribution < 1.29 is 14.6 Å². The van der Waals surface area contributed by atoms with Crippen molar-refractivity contribution >= 4 is 28.6 Å². The van der Waals surface area contributed by atoms with Gasteiger partial charge in [0.2, 0.25) is 0 Å². The first-order chi connectivity index (χ1) is 9.02. The summed E-state index contributed by atoms with van der Waals surface area (Å²) < 4.78 is 6.52. The van der Waals surface area contributed by atoms with E-state index in [9.17, 15) is 9.90 Å². The molecule has 0 saturated carbocycles. The van der Waals surface area contributed by atoms with Gasteiger partial charge in [-0.3, -0.25) is 9.69 Å². The van der Waals surface area contributed by atoms with E-state index in [-0.39, 0.29) is 6.42 Å². The highest BCUT2D eigenvalue weighted by Gasteiger charge is 2.36. The number of carboxylic acids is 1. The Morgan fingerprint density at radius 2 is 1.95 bits per heavy atom. The van der Waals surface area contributed by atoms with Crippen LogP contribution in [0.1, 0.15) is 18.9 Å². The first kappa shape index (κ1) is 14.7. The Balaban J connectivity index is 2.32. The van der Waals surface area contributed by atoms with Gasteiger partial charge in [0.25, 0.3) is 0 Å². The quantitative estimate of drug-likeness (QED) is 0.821. The molecule has 0 amide bonds. The van der Waals surface area contributed by atoms with Crippen LogP contribution in [0, 0.1) is 3.57 Å². The second-order valence-corrected chi connectivity index (χ2v) is 6.20. The predicted octanol–water partition coefficient (Wildman–Crippen LogP) is 2.31. The van der Waals surface area contributed by atoms with Crippen LogP contribution in [0.25, 0.3) is 0 Å². The van der Waals surface area contributed by atoms with Crippen LogP contribution < -0.4 is 0 Å². The van der Waals surface area contributed by atoms with Gasteiger partial charge in [0.05, 0.1) is 25.2 Å². The van der Waals surface area contributed by atoms with E-state index >= 15 is 0 Å². The van der Waals surface area contributed by atoms with Gasteiger partial charge in [-0.25, -0.2) is 0 Å². The molecule has 0 aromatic heterocycles. The van der Waals surface area contributed by atoms with Gasteiger partial charge in [-0.05, 0) is 47.2 Å². The zero-order chi connectivity index (χ0) is 13.9. The van der Waals surface area contributed by atoms with Crippen molar-refractivity contribution in [3.05, 3.63) is 33.4 Å².